The van der Waals surface area contributed by atoms with Crippen molar-refractivity contribution in [2.45, 2.75) is 51.5 Å². The van der Waals surface area contributed by atoms with E-state index in [9.17, 15) is 0 Å². The van der Waals surface area contributed by atoms with Gasteiger partial charge in [-0.25, -0.2) is 0 Å². The maximum atomic E-state index is 5.32. The summed E-state index contributed by atoms with van der Waals surface area (Å²) in [5.41, 5.74) is 1.37. The van der Waals surface area contributed by atoms with Crippen molar-refractivity contribution in [1.82, 2.24) is 5.32 Å². The maximum Gasteiger partial charge on any atom is 0.133 e. The molecule has 1 atom stereocenters. The normalized spacial score (nSPS) is 17.9. The van der Waals surface area contributed by atoms with Crippen LogP contribution in [0.3, 0.4) is 0 Å². The zero-order valence-electron chi connectivity index (χ0n) is 12.6. The molecule has 0 radical (unpaired) electrons. The van der Waals surface area contributed by atoms with Gasteiger partial charge >= 0.3 is 0 Å². The molecule has 2 nitrogen and oxygen atoms in total. The van der Waals surface area contributed by atoms with Crippen molar-refractivity contribution in [1.29, 1.82) is 0 Å². The molecule has 1 saturated carbocycles. The highest BCUT2D eigenvalue weighted by molar-refractivity contribution is 9.10. The third-order valence-corrected chi connectivity index (χ3v) is 4.94. The Hall–Kier alpha value is -0.540. The van der Waals surface area contributed by atoms with Crippen LogP contribution < -0.4 is 10.1 Å². The topological polar surface area (TPSA) is 21.3 Å². The Morgan fingerprint density at radius 3 is 2.65 bits per heavy atom. The van der Waals surface area contributed by atoms with E-state index < -0.39 is 0 Å². The van der Waals surface area contributed by atoms with E-state index in [1.54, 1.807) is 7.11 Å². The van der Waals surface area contributed by atoms with Crippen LogP contribution in [0.1, 0.15) is 57.1 Å². The first-order valence-electron chi connectivity index (χ1n) is 7.81. The van der Waals surface area contributed by atoms with Gasteiger partial charge in [-0.15, -0.1) is 0 Å². The number of benzene rings is 1. The first kappa shape index (κ1) is 15.8. The van der Waals surface area contributed by atoms with Crippen LogP contribution in [0.25, 0.3) is 0 Å². The van der Waals surface area contributed by atoms with Gasteiger partial charge < -0.3 is 10.1 Å². The summed E-state index contributed by atoms with van der Waals surface area (Å²) in [5.74, 6) is 1.79. The Morgan fingerprint density at radius 1 is 1.30 bits per heavy atom. The number of nitrogens with one attached hydrogen (secondary N) is 1. The van der Waals surface area contributed by atoms with Crippen molar-refractivity contribution in [2.24, 2.45) is 5.92 Å². The van der Waals surface area contributed by atoms with Crippen molar-refractivity contribution in [2.75, 3.05) is 13.7 Å². The van der Waals surface area contributed by atoms with Crippen LogP contribution >= 0.6 is 15.9 Å². The van der Waals surface area contributed by atoms with E-state index in [1.165, 1.54) is 44.1 Å². The molecule has 112 valence electrons. The van der Waals surface area contributed by atoms with Gasteiger partial charge in [0.05, 0.1) is 11.6 Å². The molecule has 3 heteroatoms. The van der Waals surface area contributed by atoms with Crippen LogP contribution in [0.4, 0.5) is 0 Å². The fraction of sp³-hybridized carbons (Fsp3) is 0.647. The molecule has 1 aliphatic rings. The van der Waals surface area contributed by atoms with Gasteiger partial charge in [-0.1, -0.05) is 45.1 Å². The largest absolute Gasteiger partial charge is 0.496 e. The van der Waals surface area contributed by atoms with Gasteiger partial charge in [-0.2, -0.15) is 0 Å². The van der Waals surface area contributed by atoms with Crippen molar-refractivity contribution in [3.63, 3.8) is 0 Å². The van der Waals surface area contributed by atoms with Gasteiger partial charge in [0.2, 0.25) is 0 Å². The maximum absolute atomic E-state index is 5.32. The van der Waals surface area contributed by atoms with Gasteiger partial charge in [-0.3, -0.25) is 0 Å². The quantitative estimate of drug-likeness (QED) is 0.780. The summed E-state index contributed by atoms with van der Waals surface area (Å²) in [4.78, 5) is 0. The smallest absolute Gasteiger partial charge is 0.133 e. The lowest BCUT2D eigenvalue weighted by Gasteiger charge is -2.27. The molecule has 0 saturated heterocycles. The SMILES string of the molecule is CCNC(CC1CCCCC1)c1ccc(OC)c(Br)c1. The third kappa shape index (κ3) is 4.23. The van der Waals surface area contributed by atoms with E-state index in [-0.39, 0.29) is 0 Å². The standard InChI is InChI=1S/C17H26BrNO/c1-3-19-16(11-13-7-5-4-6-8-13)14-9-10-17(20-2)15(18)12-14/h9-10,12-13,16,19H,3-8,11H2,1-2H3. The first-order chi connectivity index (χ1) is 9.74. The van der Waals surface area contributed by atoms with E-state index in [0.29, 0.717) is 6.04 Å². The van der Waals surface area contributed by atoms with Crippen LogP contribution in [-0.4, -0.2) is 13.7 Å². The van der Waals surface area contributed by atoms with E-state index in [4.69, 9.17) is 4.74 Å². The molecular weight excluding hydrogens is 314 g/mol. The molecule has 20 heavy (non-hydrogen) atoms. The minimum Gasteiger partial charge on any atom is -0.496 e. The molecule has 0 bridgehead atoms. The fourth-order valence-corrected chi connectivity index (χ4v) is 3.80. The summed E-state index contributed by atoms with van der Waals surface area (Å²) in [6.07, 6.45) is 8.31. The molecule has 0 aliphatic heterocycles. The van der Waals surface area contributed by atoms with Gasteiger partial charge in [0.1, 0.15) is 5.75 Å². The van der Waals surface area contributed by atoms with Gasteiger partial charge in [0, 0.05) is 6.04 Å². The number of hydrogen-bond donors (Lipinski definition) is 1. The van der Waals surface area contributed by atoms with Crippen LogP contribution in [0.5, 0.6) is 5.75 Å². The third-order valence-electron chi connectivity index (χ3n) is 4.32. The summed E-state index contributed by atoms with van der Waals surface area (Å²) in [5, 5.41) is 3.65. The molecule has 0 spiro atoms. The zero-order chi connectivity index (χ0) is 14.4. The average Bonchev–Trinajstić information content (AvgIpc) is 2.48. The lowest BCUT2D eigenvalue weighted by atomic mass is 9.83. The summed E-state index contributed by atoms with van der Waals surface area (Å²) in [6, 6.07) is 6.92. The number of ether oxygens (including phenoxy) is 1. The summed E-state index contributed by atoms with van der Waals surface area (Å²) in [6.45, 7) is 3.20. The number of halogens is 1. The Balaban J connectivity index is 2.08. The Kier molecular flexibility index (Phi) is 6.37. The minimum absolute atomic E-state index is 0.463. The van der Waals surface area contributed by atoms with Crippen LogP contribution in [0, 0.1) is 5.92 Å². The molecule has 0 aromatic heterocycles. The number of hydrogen-bond acceptors (Lipinski definition) is 2. The second-order valence-corrected chi connectivity index (χ2v) is 6.60. The lowest BCUT2D eigenvalue weighted by Crippen LogP contribution is -2.24. The average molecular weight is 340 g/mol. The van der Waals surface area contributed by atoms with E-state index in [0.717, 1.165) is 22.7 Å². The lowest BCUT2D eigenvalue weighted by molar-refractivity contribution is 0.301. The molecule has 1 fully saturated rings. The number of methoxy groups -OCH3 is 1. The molecular formula is C17H26BrNO. The van der Waals surface area contributed by atoms with E-state index in [2.05, 4.69) is 46.4 Å². The van der Waals surface area contributed by atoms with Gasteiger partial charge in [-0.05, 0) is 52.5 Å². The fourth-order valence-electron chi connectivity index (χ4n) is 3.24. The minimum atomic E-state index is 0.463. The van der Waals surface area contributed by atoms with Crippen LogP contribution in [-0.2, 0) is 0 Å². The Labute approximate surface area is 131 Å². The predicted octanol–water partition coefficient (Wildman–Crippen LogP) is 5.08. The highest BCUT2D eigenvalue weighted by Gasteiger charge is 2.20. The first-order valence-corrected chi connectivity index (χ1v) is 8.60. The van der Waals surface area contributed by atoms with Crippen molar-refractivity contribution >= 4 is 15.9 Å². The second kappa shape index (κ2) is 8.04. The van der Waals surface area contributed by atoms with Gasteiger partial charge in [0.15, 0.2) is 0 Å². The monoisotopic (exact) mass is 339 g/mol. The highest BCUT2D eigenvalue weighted by Crippen LogP contribution is 2.34. The molecule has 1 aliphatic carbocycles. The Morgan fingerprint density at radius 2 is 2.05 bits per heavy atom. The highest BCUT2D eigenvalue weighted by atomic mass is 79.9. The summed E-state index contributed by atoms with van der Waals surface area (Å²) in [7, 11) is 1.71. The summed E-state index contributed by atoms with van der Waals surface area (Å²) < 4.78 is 6.37. The van der Waals surface area contributed by atoms with Crippen LogP contribution in [0.15, 0.2) is 22.7 Å². The second-order valence-electron chi connectivity index (χ2n) is 5.74. The molecule has 1 aromatic rings. The molecule has 2 rings (SSSR count). The van der Waals surface area contributed by atoms with E-state index in [1.807, 2.05) is 0 Å². The van der Waals surface area contributed by atoms with Gasteiger partial charge in [0.25, 0.3) is 0 Å². The van der Waals surface area contributed by atoms with Crippen molar-refractivity contribution in [3.05, 3.63) is 28.2 Å². The van der Waals surface area contributed by atoms with Crippen molar-refractivity contribution < 1.29 is 4.74 Å². The molecule has 1 unspecified atom stereocenters. The molecule has 1 N–H and O–H groups in total. The Bertz CT molecular complexity index is 415. The summed E-state index contributed by atoms with van der Waals surface area (Å²) >= 11 is 3.60. The predicted molar refractivity (Wildman–Crippen MR) is 88.3 cm³/mol. The number of rotatable bonds is 6. The molecule has 0 heterocycles. The zero-order valence-corrected chi connectivity index (χ0v) is 14.2. The van der Waals surface area contributed by atoms with Crippen LogP contribution in [0.2, 0.25) is 0 Å². The van der Waals surface area contributed by atoms with Crippen molar-refractivity contribution in [3.8, 4) is 5.75 Å². The van der Waals surface area contributed by atoms with E-state index >= 15 is 0 Å². The molecule has 0 amide bonds. The molecule has 1 aromatic carbocycles.